The zero-order chi connectivity index (χ0) is 13.8. The van der Waals surface area contributed by atoms with E-state index in [2.05, 4.69) is 10.6 Å². The Morgan fingerprint density at radius 3 is 2.84 bits per heavy atom. The maximum absolute atomic E-state index is 11.9. The van der Waals surface area contributed by atoms with Crippen molar-refractivity contribution in [2.24, 2.45) is 0 Å². The van der Waals surface area contributed by atoms with E-state index in [1.165, 1.54) is 4.90 Å². The number of thioether (sulfide) groups is 1. The fraction of sp³-hybridized carbons (Fsp3) is 0.385. The Kier molecular flexibility index (Phi) is 4.44. The quantitative estimate of drug-likeness (QED) is 0.866. The Morgan fingerprint density at radius 2 is 2.21 bits per heavy atom. The molecule has 1 aliphatic rings. The summed E-state index contributed by atoms with van der Waals surface area (Å²) < 4.78 is 0. The summed E-state index contributed by atoms with van der Waals surface area (Å²) in [6.45, 7) is 0. The van der Waals surface area contributed by atoms with Gasteiger partial charge in [-0.3, -0.25) is 14.9 Å². The molecule has 1 aromatic carbocycles. The van der Waals surface area contributed by atoms with Crippen LogP contribution in [-0.2, 0) is 4.79 Å². The Morgan fingerprint density at radius 1 is 1.42 bits per heavy atom. The highest BCUT2D eigenvalue weighted by atomic mass is 32.2. The van der Waals surface area contributed by atoms with Crippen LogP contribution in [0, 0.1) is 0 Å². The van der Waals surface area contributed by atoms with Gasteiger partial charge in [-0.1, -0.05) is 6.07 Å². The van der Waals surface area contributed by atoms with E-state index in [-0.39, 0.29) is 17.9 Å². The molecule has 0 bridgehead atoms. The van der Waals surface area contributed by atoms with Gasteiger partial charge in [0.05, 0.1) is 6.04 Å². The van der Waals surface area contributed by atoms with E-state index in [4.69, 9.17) is 0 Å². The molecule has 1 unspecified atom stereocenters. The molecule has 2 N–H and O–H groups in total. The van der Waals surface area contributed by atoms with Gasteiger partial charge in [-0.25, -0.2) is 0 Å². The third-order valence-corrected chi connectivity index (χ3v) is 3.76. The molecule has 2 rings (SSSR count). The van der Waals surface area contributed by atoms with Crippen molar-refractivity contribution in [3.63, 3.8) is 0 Å². The molecule has 0 aromatic heterocycles. The lowest BCUT2D eigenvalue weighted by molar-refractivity contribution is -0.117. The first-order valence-electron chi connectivity index (χ1n) is 6.01. The van der Waals surface area contributed by atoms with E-state index in [9.17, 15) is 9.59 Å². The van der Waals surface area contributed by atoms with Crippen molar-refractivity contribution in [1.82, 2.24) is 10.2 Å². The predicted octanol–water partition coefficient (Wildman–Crippen LogP) is 0.989. The van der Waals surface area contributed by atoms with Gasteiger partial charge in [0.1, 0.15) is 0 Å². The van der Waals surface area contributed by atoms with Gasteiger partial charge in [0.2, 0.25) is 5.91 Å². The molecule has 1 aromatic rings. The van der Waals surface area contributed by atoms with E-state index in [1.54, 1.807) is 50.1 Å². The summed E-state index contributed by atoms with van der Waals surface area (Å²) in [5.41, 5.74) is 1.22. The third kappa shape index (κ3) is 3.48. The van der Waals surface area contributed by atoms with Gasteiger partial charge in [-0.2, -0.15) is 0 Å². The molecule has 0 saturated carbocycles. The lowest BCUT2D eigenvalue weighted by Crippen LogP contribution is -2.37. The van der Waals surface area contributed by atoms with E-state index in [1.807, 2.05) is 0 Å². The Balaban J connectivity index is 2.06. The largest absolute Gasteiger partial charge is 0.345 e. The second-order valence-electron chi connectivity index (χ2n) is 4.54. The Bertz CT molecular complexity index is 485. The average Bonchev–Trinajstić information content (AvgIpc) is 2.92. The summed E-state index contributed by atoms with van der Waals surface area (Å²) in [7, 11) is 3.40. The number of hydrogen-bond acceptors (Lipinski definition) is 4. The highest BCUT2D eigenvalue weighted by Crippen LogP contribution is 2.15. The van der Waals surface area contributed by atoms with Gasteiger partial charge >= 0.3 is 0 Å². The minimum Gasteiger partial charge on any atom is -0.345 e. The number of carbonyl (C=O) groups excluding carboxylic acids is 2. The summed E-state index contributed by atoms with van der Waals surface area (Å²) in [4.78, 5) is 25.3. The molecule has 102 valence electrons. The number of carbonyl (C=O) groups is 2. The standard InChI is InChI=1S/C13H17N3O2S/c1-16(2)13(18)9-4-3-5-10(6-9)15-12(17)11-7-19-8-14-11/h3-6,11,14H,7-8H2,1-2H3,(H,15,17). The molecule has 5 nitrogen and oxygen atoms in total. The third-order valence-electron chi connectivity index (χ3n) is 2.82. The molecular weight excluding hydrogens is 262 g/mol. The smallest absolute Gasteiger partial charge is 0.253 e. The van der Waals surface area contributed by atoms with Crippen LogP contribution < -0.4 is 10.6 Å². The van der Waals surface area contributed by atoms with Crippen molar-refractivity contribution in [1.29, 1.82) is 0 Å². The SMILES string of the molecule is CN(C)C(=O)c1cccc(NC(=O)C2CSCN2)c1. The lowest BCUT2D eigenvalue weighted by atomic mass is 10.1. The fourth-order valence-corrected chi connectivity index (χ4v) is 2.72. The molecule has 6 heteroatoms. The summed E-state index contributed by atoms with van der Waals surface area (Å²) in [5, 5.41) is 5.94. The minimum atomic E-state index is -0.154. The van der Waals surface area contributed by atoms with Crippen molar-refractivity contribution in [2.45, 2.75) is 6.04 Å². The van der Waals surface area contributed by atoms with Crippen molar-refractivity contribution >= 4 is 29.3 Å². The van der Waals surface area contributed by atoms with Gasteiger partial charge in [-0.05, 0) is 18.2 Å². The van der Waals surface area contributed by atoms with Crippen molar-refractivity contribution in [3.05, 3.63) is 29.8 Å². The molecule has 1 aliphatic heterocycles. The Hall–Kier alpha value is -1.53. The fourth-order valence-electron chi connectivity index (χ4n) is 1.78. The number of hydrogen-bond donors (Lipinski definition) is 2. The Labute approximate surface area is 116 Å². The zero-order valence-electron chi connectivity index (χ0n) is 11.0. The molecule has 0 aliphatic carbocycles. The molecule has 1 fully saturated rings. The number of nitrogens with one attached hydrogen (secondary N) is 2. The summed E-state index contributed by atoms with van der Waals surface area (Å²) in [6.07, 6.45) is 0. The summed E-state index contributed by atoms with van der Waals surface area (Å²) >= 11 is 1.70. The van der Waals surface area contributed by atoms with Crippen molar-refractivity contribution < 1.29 is 9.59 Å². The first-order chi connectivity index (χ1) is 9.08. The normalized spacial score (nSPS) is 18.1. The highest BCUT2D eigenvalue weighted by Gasteiger charge is 2.22. The number of anilines is 1. The van der Waals surface area contributed by atoms with Gasteiger partial charge in [0.25, 0.3) is 5.91 Å². The minimum absolute atomic E-state index is 0.0561. The van der Waals surface area contributed by atoms with E-state index >= 15 is 0 Å². The second kappa shape index (κ2) is 6.08. The second-order valence-corrected chi connectivity index (χ2v) is 5.57. The van der Waals surface area contributed by atoms with Crippen LogP contribution in [-0.4, -0.2) is 48.5 Å². The molecule has 1 heterocycles. The van der Waals surface area contributed by atoms with Crippen LogP contribution in [0.1, 0.15) is 10.4 Å². The molecule has 19 heavy (non-hydrogen) atoms. The molecule has 0 radical (unpaired) electrons. The van der Waals surface area contributed by atoms with Crippen molar-refractivity contribution in [2.75, 3.05) is 31.0 Å². The molecule has 2 amide bonds. The van der Waals surface area contributed by atoms with Crippen LogP contribution in [0.4, 0.5) is 5.69 Å². The van der Waals surface area contributed by atoms with E-state index < -0.39 is 0 Å². The number of amides is 2. The molecule has 1 saturated heterocycles. The monoisotopic (exact) mass is 279 g/mol. The predicted molar refractivity (Wildman–Crippen MR) is 77.3 cm³/mol. The molecular formula is C13H17N3O2S. The summed E-state index contributed by atoms with van der Waals surface area (Å²) in [5.74, 6) is 1.45. The lowest BCUT2D eigenvalue weighted by Gasteiger charge is -2.13. The van der Waals surface area contributed by atoms with Crippen LogP contribution in [0.5, 0.6) is 0 Å². The molecule has 0 spiro atoms. The average molecular weight is 279 g/mol. The topological polar surface area (TPSA) is 61.4 Å². The number of benzene rings is 1. The van der Waals surface area contributed by atoms with Crippen molar-refractivity contribution in [3.8, 4) is 0 Å². The van der Waals surface area contributed by atoms with Gasteiger partial charge in [0, 0.05) is 37.0 Å². The highest BCUT2D eigenvalue weighted by molar-refractivity contribution is 7.99. The molecule has 1 atom stereocenters. The maximum Gasteiger partial charge on any atom is 0.253 e. The van der Waals surface area contributed by atoms with E-state index in [0.29, 0.717) is 11.3 Å². The van der Waals surface area contributed by atoms with Gasteiger partial charge in [-0.15, -0.1) is 11.8 Å². The van der Waals surface area contributed by atoms with Crippen LogP contribution >= 0.6 is 11.8 Å². The number of rotatable bonds is 3. The first kappa shape index (κ1) is 13.9. The van der Waals surface area contributed by atoms with E-state index in [0.717, 1.165) is 11.6 Å². The summed E-state index contributed by atoms with van der Waals surface area (Å²) in [6, 6.07) is 6.83. The van der Waals surface area contributed by atoms with Crippen LogP contribution in [0.25, 0.3) is 0 Å². The van der Waals surface area contributed by atoms with Crippen LogP contribution in [0.15, 0.2) is 24.3 Å². The first-order valence-corrected chi connectivity index (χ1v) is 7.17. The van der Waals surface area contributed by atoms with Crippen LogP contribution in [0.2, 0.25) is 0 Å². The zero-order valence-corrected chi connectivity index (χ0v) is 11.8. The van der Waals surface area contributed by atoms with Crippen LogP contribution in [0.3, 0.4) is 0 Å². The van der Waals surface area contributed by atoms with Gasteiger partial charge < -0.3 is 10.2 Å². The van der Waals surface area contributed by atoms with Gasteiger partial charge in [0.15, 0.2) is 0 Å². The number of nitrogens with zero attached hydrogens (tertiary/aromatic N) is 1. The maximum atomic E-state index is 11.9.